The number of hydrogen-bond acceptors (Lipinski definition) is 2. The summed E-state index contributed by atoms with van der Waals surface area (Å²) in [5.41, 5.74) is 2.17. The maximum atomic E-state index is 13.2. The van der Waals surface area contributed by atoms with Crippen LogP contribution in [0.5, 0.6) is 5.75 Å². The number of hydrogen-bond donors (Lipinski definition) is 1. The lowest BCUT2D eigenvalue weighted by molar-refractivity contribution is 0.369. The highest BCUT2D eigenvalue weighted by molar-refractivity contribution is 6.30. The third-order valence-corrected chi connectivity index (χ3v) is 4.25. The molecule has 1 fully saturated rings. The van der Waals surface area contributed by atoms with E-state index in [9.17, 15) is 4.39 Å². The smallest absolute Gasteiger partial charge is 0.144 e. The molecule has 21 heavy (non-hydrogen) atoms. The van der Waals surface area contributed by atoms with E-state index < -0.39 is 0 Å². The molecule has 0 saturated heterocycles. The third kappa shape index (κ3) is 3.13. The predicted molar refractivity (Wildman–Crippen MR) is 83.8 cm³/mol. The molecule has 0 aromatic heterocycles. The lowest BCUT2D eigenvalue weighted by Gasteiger charge is -2.37. The number of benzene rings is 2. The van der Waals surface area contributed by atoms with Gasteiger partial charge in [-0.25, -0.2) is 4.39 Å². The molecule has 0 radical (unpaired) electrons. The second-order valence-corrected chi connectivity index (χ2v) is 5.84. The minimum absolute atomic E-state index is 0.287. The van der Waals surface area contributed by atoms with Gasteiger partial charge >= 0.3 is 0 Å². The highest BCUT2D eigenvalue weighted by Gasteiger charge is 2.30. The Morgan fingerprint density at radius 2 is 1.86 bits per heavy atom. The van der Waals surface area contributed by atoms with Gasteiger partial charge in [-0.1, -0.05) is 23.7 Å². The number of methoxy groups -OCH3 is 1. The van der Waals surface area contributed by atoms with E-state index in [0.29, 0.717) is 17.7 Å². The SMILES string of the molecule is COc1cc(F)ccc1NC1CC(c2ccc(Cl)cc2)C1. The topological polar surface area (TPSA) is 21.3 Å². The van der Waals surface area contributed by atoms with E-state index in [2.05, 4.69) is 17.4 Å². The molecule has 1 N–H and O–H groups in total. The molecule has 110 valence electrons. The second kappa shape index (κ2) is 5.94. The van der Waals surface area contributed by atoms with Gasteiger partial charge in [0.15, 0.2) is 0 Å². The summed E-state index contributed by atoms with van der Waals surface area (Å²) in [7, 11) is 1.55. The first-order chi connectivity index (χ1) is 10.2. The first-order valence-electron chi connectivity index (χ1n) is 7.01. The Labute approximate surface area is 128 Å². The number of rotatable bonds is 4. The monoisotopic (exact) mass is 305 g/mol. The molecular formula is C17H17ClFNO. The molecule has 0 amide bonds. The van der Waals surface area contributed by atoms with Crippen LogP contribution in [0, 0.1) is 5.82 Å². The van der Waals surface area contributed by atoms with Crippen LogP contribution >= 0.6 is 11.6 Å². The van der Waals surface area contributed by atoms with Crippen LogP contribution in [0.25, 0.3) is 0 Å². The van der Waals surface area contributed by atoms with Crippen molar-refractivity contribution in [3.05, 3.63) is 58.9 Å². The highest BCUT2D eigenvalue weighted by atomic mass is 35.5. The summed E-state index contributed by atoms with van der Waals surface area (Å²) < 4.78 is 18.4. The average molecular weight is 306 g/mol. The molecule has 2 aromatic rings. The molecule has 0 spiro atoms. The predicted octanol–water partition coefficient (Wildman–Crippen LogP) is 4.85. The Kier molecular flexibility index (Phi) is 4.02. The molecule has 0 unspecified atom stereocenters. The Morgan fingerprint density at radius 3 is 2.52 bits per heavy atom. The van der Waals surface area contributed by atoms with Crippen LogP contribution in [0.1, 0.15) is 24.3 Å². The minimum Gasteiger partial charge on any atom is -0.494 e. The van der Waals surface area contributed by atoms with Crippen molar-refractivity contribution < 1.29 is 9.13 Å². The molecule has 2 aromatic carbocycles. The van der Waals surface area contributed by atoms with Crippen molar-refractivity contribution in [2.75, 3.05) is 12.4 Å². The minimum atomic E-state index is -0.287. The van der Waals surface area contributed by atoms with Crippen molar-refractivity contribution in [2.45, 2.75) is 24.8 Å². The van der Waals surface area contributed by atoms with Crippen LogP contribution in [-0.4, -0.2) is 13.2 Å². The number of ether oxygens (including phenoxy) is 1. The lowest BCUT2D eigenvalue weighted by Crippen LogP contribution is -2.34. The zero-order valence-electron chi connectivity index (χ0n) is 11.8. The largest absolute Gasteiger partial charge is 0.494 e. The molecule has 2 nitrogen and oxygen atoms in total. The number of anilines is 1. The zero-order chi connectivity index (χ0) is 14.8. The summed E-state index contributed by atoms with van der Waals surface area (Å²) in [5.74, 6) is 0.821. The molecule has 4 heteroatoms. The van der Waals surface area contributed by atoms with Crippen LogP contribution in [-0.2, 0) is 0 Å². The van der Waals surface area contributed by atoms with Gasteiger partial charge in [-0.2, -0.15) is 0 Å². The van der Waals surface area contributed by atoms with Gasteiger partial charge in [0.1, 0.15) is 11.6 Å². The second-order valence-electron chi connectivity index (χ2n) is 5.41. The molecule has 0 aliphatic heterocycles. The summed E-state index contributed by atoms with van der Waals surface area (Å²) in [6.07, 6.45) is 2.12. The van der Waals surface area contributed by atoms with E-state index >= 15 is 0 Å². The Bertz CT molecular complexity index is 623. The summed E-state index contributed by atoms with van der Waals surface area (Å²) in [6, 6.07) is 13.0. The van der Waals surface area contributed by atoms with Gasteiger partial charge in [0.05, 0.1) is 12.8 Å². The van der Waals surface area contributed by atoms with Crippen molar-refractivity contribution >= 4 is 17.3 Å². The zero-order valence-corrected chi connectivity index (χ0v) is 12.5. The maximum Gasteiger partial charge on any atom is 0.144 e. The fourth-order valence-corrected chi connectivity index (χ4v) is 2.87. The summed E-state index contributed by atoms with van der Waals surface area (Å²) in [4.78, 5) is 0. The molecule has 0 heterocycles. The summed E-state index contributed by atoms with van der Waals surface area (Å²) in [6.45, 7) is 0. The van der Waals surface area contributed by atoms with Crippen molar-refractivity contribution in [3.8, 4) is 5.75 Å². The first-order valence-corrected chi connectivity index (χ1v) is 7.39. The fourth-order valence-electron chi connectivity index (χ4n) is 2.75. The van der Waals surface area contributed by atoms with E-state index in [1.807, 2.05) is 12.1 Å². The highest BCUT2D eigenvalue weighted by Crippen LogP contribution is 2.40. The van der Waals surface area contributed by atoms with Crippen LogP contribution in [0.2, 0.25) is 5.02 Å². The van der Waals surface area contributed by atoms with Crippen molar-refractivity contribution in [3.63, 3.8) is 0 Å². The molecule has 0 atom stereocenters. The third-order valence-electron chi connectivity index (χ3n) is 4.00. The van der Waals surface area contributed by atoms with Crippen LogP contribution in [0.4, 0.5) is 10.1 Å². The van der Waals surface area contributed by atoms with E-state index in [1.54, 1.807) is 13.2 Å². The van der Waals surface area contributed by atoms with E-state index in [-0.39, 0.29) is 5.82 Å². The van der Waals surface area contributed by atoms with Gasteiger partial charge in [0.25, 0.3) is 0 Å². The molecule has 1 aliphatic carbocycles. The maximum absolute atomic E-state index is 13.2. The molecular weight excluding hydrogens is 289 g/mol. The van der Waals surface area contributed by atoms with E-state index in [4.69, 9.17) is 16.3 Å². The van der Waals surface area contributed by atoms with Crippen molar-refractivity contribution in [1.29, 1.82) is 0 Å². The Balaban J connectivity index is 1.61. The van der Waals surface area contributed by atoms with Crippen LogP contribution in [0.15, 0.2) is 42.5 Å². The molecule has 0 bridgehead atoms. The van der Waals surface area contributed by atoms with Gasteiger partial charge < -0.3 is 10.1 Å². The standard InChI is InChI=1S/C17H17ClFNO/c1-21-17-10-14(19)6-7-16(17)20-15-8-12(9-15)11-2-4-13(18)5-3-11/h2-7,10,12,15,20H,8-9H2,1H3. The average Bonchev–Trinajstić information content (AvgIpc) is 2.45. The lowest BCUT2D eigenvalue weighted by atomic mass is 9.76. The molecule has 1 saturated carbocycles. The van der Waals surface area contributed by atoms with Crippen molar-refractivity contribution in [1.82, 2.24) is 0 Å². The van der Waals surface area contributed by atoms with Gasteiger partial charge in [0.2, 0.25) is 0 Å². The van der Waals surface area contributed by atoms with Crippen LogP contribution in [0.3, 0.4) is 0 Å². The Morgan fingerprint density at radius 1 is 1.14 bits per heavy atom. The van der Waals surface area contributed by atoms with Gasteiger partial charge in [-0.15, -0.1) is 0 Å². The fraction of sp³-hybridized carbons (Fsp3) is 0.294. The molecule has 1 aliphatic rings. The van der Waals surface area contributed by atoms with Gasteiger partial charge in [-0.3, -0.25) is 0 Å². The summed E-state index contributed by atoms with van der Waals surface area (Å²) >= 11 is 5.90. The van der Waals surface area contributed by atoms with Crippen molar-refractivity contribution in [2.24, 2.45) is 0 Å². The normalized spacial score (nSPS) is 20.7. The van der Waals surface area contributed by atoms with E-state index in [0.717, 1.165) is 23.6 Å². The number of nitrogens with one attached hydrogen (secondary N) is 1. The quantitative estimate of drug-likeness (QED) is 0.872. The Hall–Kier alpha value is -1.74. The summed E-state index contributed by atoms with van der Waals surface area (Å²) in [5, 5.41) is 4.19. The van der Waals surface area contributed by atoms with Gasteiger partial charge in [-0.05, 0) is 48.6 Å². The van der Waals surface area contributed by atoms with Crippen LogP contribution < -0.4 is 10.1 Å². The number of halogens is 2. The first kappa shape index (κ1) is 14.2. The van der Waals surface area contributed by atoms with Gasteiger partial charge in [0, 0.05) is 17.1 Å². The van der Waals surface area contributed by atoms with E-state index in [1.165, 1.54) is 17.7 Å². The molecule has 3 rings (SSSR count).